The second-order valence-electron chi connectivity index (χ2n) is 4.22. The molecule has 1 aliphatic rings. The maximum absolute atomic E-state index is 11.4. The highest BCUT2D eigenvalue weighted by Crippen LogP contribution is 2.33. The Morgan fingerprint density at radius 1 is 1.47 bits per heavy atom. The van der Waals surface area contributed by atoms with E-state index in [2.05, 4.69) is 9.72 Å². The summed E-state index contributed by atoms with van der Waals surface area (Å²) in [6, 6.07) is 2.99. The van der Waals surface area contributed by atoms with Crippen LogP contribution in [0.3, 0.4) is 0 Å². The topological polar surface area (TPSA) is 109 Å². The highest BCUT2D eigenvalue weighted by molar-refractivity contribution is 5.87. The zero-order valence-corrected chi connectivity index (χ0v) is 10.3. The monoisotopic (exact) mass is 269 g/mol. The van der Waals surface area contributed by atoms with Crippen LogP contribution in [-0.4, -0.2) is 58.3 Å². The number of hydrogen-bond acceptors (Lipinski definition) is 7. The Hall–Kier alpha value is -1.54. The van der Waals surface area contributed by atoms with Crippen molar-refractivity contribution in [3.63, 3.8) is 0 Å². The summed E-state index contributed by atoms with van der Waals surface area (Å²) in [6.45, 7) is -0.399. The molecule has 7 nitrogen and oxygen atoms in total. The number of ether oxygens (including phenoxy) is 2. The van der Waals surface area contributed by atoms with Crippen molar-refractivity contribution in [2.75, 3.05) is 13.7 Å². The number of aliphatic hydroxyl groups excluding tert-OH is 3. The Bertz CT molecular complexity index is 465. The van der Waals surface area contributed by atoms with Crippen LogP contribution in [0.15, 0.2) is 18.3 Å². The lowest BCUT2D eigenvalue weighted by molar-refractivity contribution is -0.0228. The molecule has 0 saturated carbocycles. The van der Waals surface area contributed by atoms with E-state index >= 15 is 0 Å². The van der Waals surface area contributed by atoms with Crippen molar-refractivity contribution in [3.05, 3.63) is 29.6 Å². The number of rotatable bonds is 3. The van der Waals surface area contributed by atoms with E-state index < -0.39 is 37.0 Å². The smallest absolute Gasteiger partial charge is 0.356 e. The fourth-order valence-corrected chi connectivity index (χ4v) is 2.02. The molecule has 7 heteroatoms. The average molecular weight is 269 g/mol. The summed E-state index contributed by atoms with van der Waals surface area (Å²) < 4.78 is 9.91. The van der Waals surface area contributed by atoms with E-state index in [0.29, 0.717) is 5.56 Å². The predicted octanol–water partition coefficient (Wildman–Crippen LogP) is -0.978. The molecule has 0 aliphatic carbocycles. The third-order valence-corrected chi connectivity index (χ3v) is 3.05. The molecular formula is C12H15NO6. The summed E-state index contributed by atoms with van der Waals surface area (Å²) in [5, 5.41) is 28.6. The highest BCUT2D eigenvalue weighted by atomic mass is 16.6. The molecule has 104 valence electrons. The number of aromatic nitrogens is 1. The minimum atomic E-state index is -1.18. The first-order chi connectivity index (χ1) is 9.08. The molecule has 2 rings (SSSR count). The Labute approximate surface area is 109 Å². The predicted molar refractivity (Wildman–Crippen MR) is 62.3 cm³/mol. The van der Waals surface area contributed by atoms with E-state index in [4.69, 9.17) is 9.84 Å². The molecule has 0 aromatic carbocycles. The normalized spacial score (nSPS) is 30.3. The van der Waals surface area contributed by atoms with Crippen LogP contribution in [0.5, 0.6) is 0 Å². The first-order valence-electron chi connectivity index (χ1n) is 5.75. The first-order valence-corrected chi connectivity index (χ1v) is 5.75. The summed E-state index contributed by atoms with van der Waals surface area (Å²) in [6.07, 6.45) is -2.64. The second-order valence-corrected chi connectivity index (χ2v) is 4.22. The zero-order valence-electron chi connectivity index (χ0n) is 10.3. The van der Waals surface area contributed by atoms with Gasteiger partial charge in [0, 0.05) is 6.20 Å². The summed E-state index contributed by atoms with van der Waals surface area (Å²) in [7, 11) is 1.24. The van der Waals surface area contributed by atoms with Crippen LogP contribution in [-0.2, 0) is 9.47 Å². The summed E-state index contributed by atoms with van der Waals surface area (Å²) >= 11 is 0. The number of pyridine rings is 1. The number of nitrogens with zero attached hydrogens (tertiary/aromatic N) is 1. The minimum Gasteiger partial charge on any atom is -0.464 e. The minimum absolute atomic E-state index is 0.0812. The van der Waals surface area contributed by atoms with Gasteiger partial charge >= 0.3 is 5.97 Å². The quantitative estimate of drug-likeness (QED) is 0.605. The van der Waals surface area contributed by atoms with Gasteiger partial charge in [-0.2, -0.15) is 0 Å². The van der Waals surface area contributed by atoms with Crippen molar-refractivity contribution in [2.45, 2.75) is 24.4 Å². The van der Waals surface area contributed by atoms with Crippen molar-refractivity contribution < 1.29 is 29.6 Å². The third-order valence-electron chi connectivity index (χ3n) is 3.05. The third kappa shape index (κ3) is 2.59. The van der Waals surface area contributed by atoms with Gasteiger partial charge in [0.05, 0.1) is 13.7 Å². The number of carbonyl (C=O) groups is 1. The lowest BCUT2D eigenvalue weighted by Crippen LogP contribution is -2.32. The molecule has 0 bridgehead atoms. The van der Waals surface area contributed by atoms with Gasteiger partial charge in [-0.05, 0) is 17.7 Å². The summed E-state index contributed by atoms with van der Waals surface area (Å²) in [5.74, 6) is -0.603. The number of esters is 1. The van der Waals surface area contributed by atoms with Crippen molar-refractivity contribution in [1.82, 2.24) is 4.98 Å². The molecular weight excluding hydrogens is 254 g/mol. The second kappa shape index (κ2) is 5.62. The van der Waals surface area contributed by atoms with Gasteiger partial charge in [0.1, 0.15) is 30.1 Å². The van der Waals surface area contributed by atoms with Gasteiger partial charge in [-0.25, -0.2) is 9.78 Å². The summed E-state index contributed by atoms with van der Waals surface area (Å²) in [4.78, 5) is 15.2. The van der Waals surface area contributed by atoms with Crippen LogP contribution in [0.25, 0.3) is 0 Å². The van der Waals surface area contributed by atoms with E-state index in [-0.39, 0.29) is 5.69 Å². The Morgan fingerprint density at radius 3 is 2.79 bits per heavy atom. The molecule has 19 heavy (non-hydrogen) atoms. The van der Waals surface area contributed by atoms with Crippen LogP contribution < -0.4 is 0 Å². The number of hydrogen-bond donors (Lipinski definition) is 3. The number of carbonyl (C=O) groups excluding carboxylic acids is 1. The van der Waals surface area contributed by atoms with E-state index in [1.54, 1.807) is 6.07 Å². The van der Waals surface area contributed by atoms with Crippen molar-refractivity contribution in [3.8, 4) is 0 Å². The molecule has 4 atom stereocenters. The maximum Gasteiger partial charge on any atom is 0.356 e. The fraction of sp³-hybridized carbons (Fsp3) is 0.500. The van der Waals surface area contributed by atoms with Crippen molar-refractivity contribution in [1.29, 1.82) is 0 Å². The van der Waals surface area contributed by atoms with Crippen LogP contribution in [0.1, 0.15) is 22.2 Å². The lowest BCUT2D eigenvalue weighted by atomic mass is 10.0. The molecule has 1 aliphatic heterocycles. The molecule has 1 aromatic rings. The van der Waals surface area contributed by atoms with E-state index in [1.165, 1.54) is 19.4 Å². The summed E-state index contributed by atoms with van der Waals surface area (Å²) in [5.41, 5.74) is 0.565. The maximum atomic E-state index is 11.4. The SMILES string of the molecule is COC(=O)c1cc([C@@H]2O[C@H](CO)[C@@H](O)[C@H]2O)ccn1. The molecule has 1 aromatic heterocycles. The molecule has 1 fully saturated rings. The Kier molecular flexibility index (Phi) is 4.11. The van der Waals surface area contributed by atoms with Crippen LogP contribution in [0.2, 0.25) is 0 Å². The number of methoxy groups -OCH3 is 1. The standard InChI is InChI=1S/C12H15NO6/c1-18-12(17)7-4-6(2-3-13-7)11-10(16)9(15)8(5-14)19-11/h2-4,8-11,14-16H,5H2,1H3/t8-,9-,10-,11+/m1/s1. The molecule has 0 spiro atoms. The van der Waals surface area contributed by atoms with Crippen molar-refractivity contribution in [2.24, 2.45) is 0 Å². The Balaban J connectivity index is 2.25. The van der Waals surface area contributed by atoms with Gasteiger partial charge in [-0.3, -0.25) is 0 Å². The molecule has 2 heterocycles. The first kappa shape index (κ1) is 13.9. The number of aliphatic hydroxyl groups is 3. The van der Waals surface area contributed by atoms with Gasteiger partial charge in [-0.1, -0.05) is 0 Å². The van der Waals surface area contributed by atoms with Gasteiger partial charge in [0.2, 0.25) is 0 Å². The van der Waals surface area contributed by atoms with Gasteiger partial charge in [-0.15, -0.1) is 0 Å². The van der Waals surface area contributed by atoms with Gasteiger partial charge in [0.25, 0.3) is 0 Å². The van der Waals surface area contributed by atoms with Crippen LogP contribution >= 0.6 is 0 Å². The molecule has 0 radical (unpaired) electrons. The fourth-order valence-electron chi connectivity index (χ4n) is 2.02. The zero-order chi connectivity index (χ0) is 14.0. The van der Waals surface area contributed by atoms with Gasteiger partial charge < -0.3 is 24.8 Å². The largest absolute Gasteiger partial charge is 0.464 e. The Morgan fingerprint density at radius 2 is 2.21 bits per heavy atom. The highest BCUT2D eigenvalue weighted by Gasteiger charge is 2.43. The molecule has 1 saturated heterocycles. The van der Waals surface area contributed by atoms with Crippen molar-refractivity contribution >= 4 is 5.97 Å². The van der Waals surface area contributed by atoms with Gasteiger partial charge in [0.15, 0.2) is 0 Å². The van der Waals surface area contributed by atoms with E-state index in [0.717, 1.165) is 0 Å². The molecule has 0 amide bonds. The molecule has 0 unspecified atom stereocenters. The van der Waals surface area contributed by atoms with E-state index in [1.807, 2.05) is 0 Å². The average Bonchev–Trinajstić information content (AvgIpc) is 2.74. The van der Waals surface area contributed by atoms with E-state index in [9.17, 15) is 15.0 Å². The van der Waals surface area contributed by atoms with Crippen LogP contribution in [0, 0.1) is 0 Å². The molecule has 3 N–H and O–H groups in total. The lowest BCUT2D eigenvalue weighted by Gasteiger charge is -2.15. The van der Waals surface area contributed by atoms with Crippen LogP contribution in [0.4, 0.5) is 0 Å².